The number of benzene rings is 5. The molecule has 0 bridgehead atoms. The summed E-state index contributed by atoms with van der Waals surface area (Å²) in [6.45, 7) is 2.62. The van der Waals surface area contributed by atoms with Crippen LogP contribution in [-0.2, 0) is 16.8 Å². The highest BCUT2D eigenvalue weighted by Crippen LogP contribution is 2.66. The molecule has 9 rings (SSSR count). The van der Waals surface area contributed by atoms with Gasteiger partial charge in [0.15, 0.2) is 0 Å². The Labute approximate surface area is 260 Å². The molecule has 2 aliphatic rings. The lowest BCUT2D eigenvalue weighted by Gasteiger charge is -2.35. The minimum atomic E-state index is -1.05. The maximum absolute atomic E-state index is 15.6. The van der Waals surface area contributed by atoms with E-state index in [0.29, 0.717) is 6.54 Å². The number of fused-ring (bicyclic) bond motifs is 7. The Morgan fingerprint density at radius 2 is 1.33 bits per heavy atom. The lowest BCUT2D eigenvalue weighted by Crippen LogP contribution is -2.44. The van der Waals surface area contributed by atoms with Crippen molar-refractivity contribution in [1.29, 1.82) is 0 Å². The number of nitrogens with one attached hydrogen (secondary N) is 2. The summed E-state index contributed by atoms with van der Waals surface area (Å²) in [5.74, 6) is -0.815. The van der Waals surface area contributed by atoms with E-state index < -0.39 is 5.41 Å². The normalized spacial score (nSPS) is 20.4. The summed E-state index contributed by atoms with van der Waals surface area (Å²) in [4.78, 5) is 25.2. The van der Waals surface area contributed by atoms with Crippen molar-refractivity contribution < 1.29 is 9.18 Å². The lowest BCUT2D eigenvalue weighted by molar-refractivity contribution is -0.122. The van der Waals surface area contributed by atoms with Crippen LogP contribution >= 0.6 is 0 Å². The molecular weight excluding hydrogens is 557 g/mol. The number of rotatable bonds is 4. The van der Waals surface area contributed by atoms with Gasteiger partial charge in [0, 0.05) is 56.3 Å². The summed E-state index contributed by atoms with van der Waals surface area (Å²) >= 11 is 0. The molecule has 3 heterocycles. The summed E-state index contributed by atoms with van der Waals surface area (Å²) in [7, 11) is 0. The van der Waals surface area contributed by atoms with Crippen molar-refractivity contribution in [2.24, 2.45) is 0 Å². The second kappa shape index (κ2) is 9.54. The minimum Gasteiger partial charge on any atom is -0.358 e. The molecule has 0 fully saturated rings. The van der Waals surface area contributed by atoms with E-state index in [2.05, 4.69) is 71.5 Å². The lowest BCUT2D eigenvalue weighted by atomic mass is 9.65. The molecule has 2 N–H and O–H groups in total. The highest BCUT2D eigenvalue weighted by molar-refractivity contribution is 6.15. The van der Waals surface area contributed by atoms with Crippen LogP contribution in [0.25, 0.3) is 21.8 Å². The van der Waals surface area contributed by atoms with Gasteiger partial charge in [0.25, 0.3) is 0 Å². The van der Waals surface area contributed by atoms with Gasteiger partial charge < -0.3 is 14.9 Å². The second-order valence-electron chi connectivity index (χ2n) is 12.4. The molecule has 5 heteroatoms. The van der Waals surface area contributed by atoms with Crippen LogP contribution in [0, 0.1) is 12.7 Å². The van der Waals surface area contributed by atoms with Crippen LogP contribution < -0.4 is 4.90 Å². The maximum Gasteiger partial charge on any atom is 0.243 e. The Morgan fingerprint density at radius 3 is 2.09 bits per heavy atom. The van der Waals surface area contributed by atoms with Crippen molar-refractivity contribution in [2.75, 3.05) is 4.90 Å². The van der Waals surface area contributed by atoms with Crippen molar-refractivity contribution in [1.82, 2.24) is 9.97 Å². The predicted molar refractivity (Wildman–Crippen MR) is 177 cm³/mol. The van der Waals surface area contributed by atoms with Crippen LogP contribution in [-0.4, -0.2) is 15.9 Å². The molecular formula is C40H30FN3O. The van der Waals surface area contributed by atoms with Crippen LogP contribution in [0.1, 0.15) is 51.0 Å². The first kappa shape index (κ1) is 26.0. The van der Waals surface area contributed by atoms with Crippen molar-refractivity contribution >= 4 is 33.4 Å². The van der Waals surface area contributed by atoms with Crippen LogP contribution in [0.4, 0.5) is 10.1 Å². The van der Waals surface area contributed by atoms with E-state index in [4.69, 9.17) is 0 Å². The average molecular weight is 588 g/mol. The SMILES string of the molecule is Cc1c([C@@H]2c3[nH]c4ccccc4c3[C@@]3(C(=O)N(Cc4ccccc4)c4ccccc43)[C@H]2c2ccc(F)cc2)[nH]c2ccccc12. The first-order valence-electron chi connectivity index (χ1n) is 15.5. The molecule has 3 atom stereocenters. The summed E-state index contributed by atoms with van der Waals surface area (Å²) in [5.41, 5.74) is 9.20. The molecule has 218 valence electrons. The van der Waals surface area contributed by atoms with Crippen molar-refractivity contribution in [3.05, 3.63) is 172 Å². The number of carbonyl (C=O) groups excluding carboxylic acids is 1. The third-order valence-electron chi connectivity index (χ3n) is 10.2. The summed E-state index contributed by atoms with van der Waals surface area (Å²) < 4.78 is 14.5. The molecule has 1 aliphatic carbocycles. The number of para-hydroxylation sites is 3. The quantitative estimate of drug-likeness (QED) is 0.212. The molecule has 0 unspecified atom stereocenters. The maximum atomic E-state index is 15.6. The van der Waals surface area contributed by atoms with Gasteiger partial charge in [-0.05, 0) is 59.5 Å². The van der Waals surface area contributed by atoms with Gasteiger partial charge in [-0.3, -0.25) is 4.79 Å². The Hall–Kier alpha value is -5.42. The second-order valence-corrected chi connectivity index (χ2v) is 12.4. The fourth-order valence-corrected chi connectivity index (χ4v) is 8.38. The van der Waals surface area contributed by atoms with Crippen molar-refractivity contribution in [2.45, 2.75) is 30.7 Å². The molecule has 1 amide bonds. The van der Waals surface area contributed by atoms with E-state index in [1.54, 1.807) is 0 Å². The van der Waals surface area contributed by atoms with Crippen molar-refractivity contribution in [3.8, 4) is 0 Å². The van der Waals surface area contributed by atoms with Gasteiger partial charge in [-0.1, -0.05) is 97.1 Å². The molecule has 5 aromatic carbocycles. The third-order valence-corrected chi connectivity index (χ3v) is 10.2. The zero-order valence-electron chi connectivity index (χ0n) is 24.7. The predicted octanol–water partition coefficient (Wildman–Crippen LogP) is 8.86. The first-order valence-corrected chi connectivity index (χ1v) is 15.5. The molecule has 0 saturated carbocycles. The number of carbonyl (C=O) groups is 1. The summed E-state index contributed by atoms with van der Waals surface area (Å²) in [5, 5.41) is 2.20. The van der Waals surface area contributed by atoms with Gasteiger partial charge in [0.05, 0.1) is 6.54 Å². The fourth-order valence-electron chi connectivity index (χ4n) is 8.38. The summed E-state index contributed by atoms with van der Waals surface area (Å²) in [6, 6.07) is 41.9. The van der Waals surface area contributed by atoms with Crippen LogP contribution in [0.3, 0.4) is 0 Å². The number of anilines is 1. The molecule has 1 aliphatic heterocycles. The number of H-pyrrole nitrogens is 2. The van der Waals surface area contributed by atoms with Crippen LogP contribution in [0.15, 0.2) is 127 Å². The number of nitrogens with zero attached hydrogens (tertiary/aromatic N) is 1. The largest absolute Gasteiger partial charge is 0.358 e. The van der Waals surface area contributed by atoms with Crippen LogP contribution in [0.5, 0.6) is 0 Å². The topological polar surface area (TPSA) is 51.9 Å². The minimum absolute atomic E-state index is 0.0455. The zero-order valence-corrected chi connectivity index (χ0v) is 24.7. The average Bonchev–Trinajstić information content (AvgIpc) is 3.77. The molecule has 4 nitrogen and oxygen atoms in total. The van der Waals surface area contributed by atoms with E-state index in [9.17, 15) is 4.39 Å². The van der Waals surface area contributed by atoms with E-state index >= 15 is 4.79 Å². The monoisotopic (exact) mass is 587 g/mol. The van der Waals surface area contributed by atoms with Gasteiger partial charge in [-0.15, -0.1) is 0 Å². The number of aromatic amines is 2. The van der Waals surface area contributed by atoms with Crippen LogP contribution in [0.2, 0.25) is 0 Å². The first-order chi connectivity index (χ1) is 22.1. The number of aromatic nitrogens is 2. The number of hydrogen-bond donors (Lipinski definition) is 2. The Kier molecular flexibility index (Phi) is 5.52. The number of aryl methyl sites for hydroxylation is 1. The molecule has 7 aromatic rings. The van der Waals surface area contributed by atoms with E-state index in [-0.39, 0.29) is 23.6 Å². The van der Waals surface area contributed by atoms with E-state index in [1.165, 1.54) is 12.1 Å². The molecule has 2 aromatic heterocycles. The Bertz CT molecular complexity index is 2270. The number of hydrogen-bond acceptors (Lipinski definition) is 1. The fraction of sp³-hybridized carbons (Fsp3) is 0.125. The molecule has 1 spiro atoms. The van der Waals surface area contributed by atoms with E-state index in [1.807, 2.05) is 65.6 Å². The zero-order chi connectivity index (χ0) is 30.3. The highest BCUT2D eigenvalue weighted by atomic mass is 19.1. The standard InChI is InChI=1S/C40H30FN3O/c1-24-28-13-5-8-16-31(28)42-37(24)34-35(26-19-21-27(41)22-20-26)40(36-29-14-6-9-17-32(29)43-38(34)36)30-15-7-10-18-33(30)44(39(40)45)23-25-11-3-2-4-12-25/h2-22,34-35,42-43H,23H2,1H3/t34-,35+,40+/m1/s1. The highest BCUT2D eigenvalue weighted by Gasteiger charge is 2.65. The number of halogens is 1. The number of amides is 1. The molecule has 0 saturated heterocycles. The Morgan fingerprint density at radius 1 is 0.711 bits per heavy atom. The van der Waals surface area contributed by atoms with Gasteiger partial charge in [-0.25, -0.2) is 4.39 Å². The molecule has 0 radical (unpaired) electrons. The van der Waals surface area contributed by atoms with Gasteiger partial charge in [0.2, 0.25) is 5.91 Å². The van der Waals surface area contributed by atoms with Gasteiger partial charge in [0.1, 0.15) is 11.2 Å². The smallest absolute Gasteiger partial charge is 0.243 e. The molecule has 45 heavy (non-hydrogen) atoms. The Balaban J connectivity index is 1.40. The summed E-state index contributed by atoms with van der Waals surface area (Å²) in [6.07, 6.45) is 0. The van der Waals surface area contributed by atoms with Gasteiger partial charge >= 0.3 is 0 Å². The third kappa shape index (κ3) is 3.49. The van der Waals surface area contributed by atoms with Crippen molar-refractivity contribution in [3.63, 3.8) is 0 Å². The van der Waals surface area contributed by atoms with E-state index in [0.717, 1.165) is 66.7 Å². The van der Waals surface area contributed by atoms with Gasteiger partial charge in [-0.2, -0.15) is 0 Å².